The highest BCUT2D eigenvalue weighted by atomic mass is 32.2. The van der Waals surface area contributed by atoms with Gasteiger partial charge in [0.05, 0.1) is 5.75 Å². The van der Waals surface area contributed by atoms with E-state index < -0.39 is 0 Å². The van der Waals surface area contributed by atoms with E-state index in [1.807, 2.05) is 11.8 Å². The van der Waals surface area contributed by atoms with Gasteiger partial charge in [-0.1, -0.05) is 26.7 Å². The molecule has 4 heteroatoms. The summed E-state index contributed by atoms with van der Waals surface area (Å²) in [4.78, 5) is 9.49. The number of thioether (sulfide) groups is 1. The molecule has 0 aromatic carbocycles. The molecule has 3 nitrogen and oxygen atoms in total. The minimum absolute atomic E-state index is 0.655. The van der Waals surface area contributed by atoms with Crippen molar-refractivity contribution in [3.8, 4) is 0 Å². The van der Waals surface area contributed by atoms with Crippen LogP contribution in [0.1, 0.15) is 70.3 Å². The summed E-state index contributed by atoms with van der Waals surface area (Å²) in [6.45, 7) is 7.54. The molecule has 1 aliphatic rings. The molecule has 0 aliphatic heterocycles. The van der Waals surface area contributed by atoms with Crippen LogP contribution in [-0.4, -0.2) is 21.8 Å². The van der Waals surface area contributed by atoms with Crippen molar-refractivity contribution in [2.24, 2.45) is 0 Å². The van der Waals surface area contributed by atoms with Gasteiger partial charge in [0.15, 0.2) is 0 Å². The predicted octanol–water partition coefficient (Wildman–Crippen LogP) is 4.60. The molecule has 0 amide bonds. The Labute approximate surface area is 127 Å². The Bertz CT molecular complexity index is 416. The van der Waals surface area contributed by atoms with Crippen molar-refractivity contribution in [2.75, 3.05) is 11.9 Å². The SMILES string of the molecule is CCNc1cc(C2CCCC2)nc(CSC(C)CC)n1. The highest BCUT2D eigenvalue weighted by Crippen LogP contribution is 2.34. The zero-order chi connectivity index (χ0) is 14.4. The minimum atomic E-state index is 0.655. The molecule has 0 saturated heterocycles. The van der Waals surface area contributed by atoms with Crippen molar-refractivity contribution in [3.05, 3.63) is 17.6 Å². The van der Waals surface area contributed by atoms with E-state index in [2.05, 4.69) is 37.1 Å². The Morgan fingerprint density at radius 1 is 1.30 bits per heavy atom. The lowest BCUT2D eigenvalue weighted by atomic mass is 10.0. The standard InChI is InChI=1S/C16H27N3S/c1-4-12(3)20-11-16-18-14(13-8-6-7-9-13)10-15(19-16)17-5-2/h10,12-13H,4-9,11H2,1-3H3,(H,17,18,19). The van der Waals surface area contributed by atoms with Crippen molar-refractivity contribution < 1.29 is 0 Å². The molecule has 2 rings (SSSR count). The van der Waals surface area contributed by atoms with Crippen molar-refractivity contribution in [3.63, 3.8) is 0 Å². The molecule has 0 radical (unpaired) electrons. The van der Waals surface area contributed by atoms with Crippen molar-refractivity contribution in [1.29, 1.82) is 0 Å². The van der Waals surface area contributed by atoms with Gasteiger partial charge in [0.25, 0.3) is 0 Å². The summed E-state index contributed by atoms with van der Waals surface area (Å²) in [7, 11) is 0. The fourth-order valence-corrected chi connectivity index (χ4v) is 3.42. The quantitative estimate of drug-likeness (QED) is 0.797. The van der Waals surface area contributed by atoms with Crippen LogP contribution in [0.25, 0.3) is 0 Å². The number of rotatable bonds is 7. The van der Waals surface area contributed by atoms with Crippen LogP contribution in [0, 0.1) is 0 Å². The monoisotopic (exact) mass is 293 g/mol. The minimum Gasteiger partial charge on any atom is -0.370 e. The summed E-state index contributed by atoms with van der Waals surface area (Å²) in [5.41, 5.74) is 1.26. The third-order valence-corrected chi connectivity index (χ3v) is 5.32. The van der Waals surface area contributed by atoms with Crippen molar-refractivity contribution >= 4 is 17.6 Å². The topological polar surface area (TPSA) is 37.8 Å². The van der Waals surface area contributed by atoms with E-state index >= 15 is 0 Å². The van der Waals surface area contributed by atoms with Gasteiger partial charge < -0.3 is 5.32 Å². The zero-order valence-corrected chi connectivity index (χ0v) is 13.8. The van der Waals surface area contributed by atoms with Crippen LogP contribution in [0.5, 0.6) is 0 Å². The van der Waals surface area contributed by atoms with Crippen LogP contribution < -0.4 is 5.32 Å². The summed E-state index contributed by atoms with van der Waals surface area (Å²) in [5, 5.41) is 4.03. The van der Waals surface area contributed by atoms with Gasteiger partial charge in [-0.15, -0.1) is 0 Å². The van der Waals surface area contributed by atoms with Crippen LogP contribution in [0.15, 0.2) is 6.07 Å². The van der Waals surface area contributed by atoms with Gasteiger partial charge in [-0.2, -0.15) is 11.8 Å². The van der Waals surface area contributed by atoms with Gasteiger partial charge in [0, 0.05) is 29.5 Å². The average molecular weight is 293 g/mol. The van der Waals surface area contributed by atoms with Crippen molar-refractivity contribution in [1.82, 2.24) is 9.97 Å². The summed E-state index contributed by atoms with van der Waals surface area (Å²) in [5.74, 6) is 3.58. The zero-order valence-electron chi connectivity index (χ0n) is 13.0. The normalized spacial score (nSPS) is 17.4. The van der Waals surface area contributed by atoms with Crippen LogP contribution in [0.4, 0.5) is 5.82 Å². The maximum Gasteiger partial charge on any atom is 0.140 e. The Morgan fingerprint density at radius 2 is 2.05 bits per heavy atom. The van der Waals surface area contributed by atoms with Gasteiger partial charge in [-0.05, 0) is 26.2 Å². The van der Waals surface area contributed by atoms with Crippen LogP contribution in [0.3, 0.4) is 0 Å². The van der Waals surface area contributed by atoms with E-state index in [4.69, 9.17) is 4.98 Å². The molecule has 1 aromatic heterocycles. The smallest absolute Gasteiger partial charge is 0.140 e. The molecule has 0 bridgehead atoms. The molecule has 1 fully saturated rings. The van der Waals surface area contributed by atoms with E-state index in [-0.39, 0.29) is 0 Å². The van der Waals surface area contributed by atoms with E-state index in [1.165, 1.54) is 37.8 Å². The first kappa shape index (κ1) is 15.6. The molecule has 20 heavy (non-hydrogen) atoms. The molecule has 0 spiro atoms. The Kier molecular flexibility index (Phi) is 6.14. The summed E-state index contributed by atoms with van der Waals surface area (Å²) >= 11 is 1.95. The first-order chi connectivity index (χ1) is 9.72. The summed E-state index contributed by atoms with van der Waals surface area (Å²) in [6, 6.07) is 2.16. The van der Waals surface area contributed by atoms with E-state index in [0.29, 0.717) is 11.2 Å². The number of nitrogens with one attached hydrogen (secondary N) is 1. The van der Waals surface area contributed by atoms with Gasteiger partial charge in [-0.25, -0.2) is 9.97 Å². The fourth-order valence-electron chi connectivity index (χ4n) is 2.62. The second kappa shape index (κ2) is 7.87. The van der Waals surface area contributed by atoms with Crippen LogP contribution in [-0.2, 0) is 5.75 Å². The van der Waals surface area contributed by atoms with Gasteiger partial charge in [0.2, 0.25) is 0 Å². The Morgan fingerprint density at radius 3 is 2.70 bits per heavy atom. The molecule has 1 saturated carbocycles. The van der Waals surface area contributed by atoms with Gasteiger partial charge in [0.1, 0.15) is 11.6 Å². The molecule has 1 unspecified atom stereocenters. The Balaban J connectivity index is 2.12. The number of hydrogen-bond acceptors (Lipinski definition) is 4. The molecule has 1 N–H and O–H groups in total. The summed E-state index contributed by atoms with van der Waals surface area (Å²) < 4.78 is 0. The molecule has 1 heterocycles. The second-order valence-electron chi connectivity index (χ2n) is 5.64. The van der Waals surface area contributed by atoms with Gasteiger partial charge in [-0.3, -0.25) is 0 Å². The molecule has 1 aliphatic carbocycles. The number of hydrogen-bond donors (Lipinski definition) is 1. The van der Waals surface area contributed by atoms with Crippen LogP contribution >= 0.6 is 11.8 Å². The third kappa shape index (κ3) is 4.37. The van der Waals surface area contributed by atoms with Crippen molar-refractivity contribution in [2.45, 2.75) is 69.8 Å². The van der Waals surface area contributed by atoms with E-state index in [0.717, 1.165) is 23.9 Å². The Hall–Kier alpha value is -0.770. The lowest BCUT2D eigenvalue weighted by Crippen LogP contribution is -2.08. The molecule has 1 aromatic rings. The van der Waals surface area contributed by atoms with E-state index in [9.17, 15) is 0 Å². The highest BCUT2D eigenvalue weighted by molar-refractivity contribution is 7.99. The third-order valence-electron chi connectivity index (χ3n) is 4.00. The maximum atomic E-state index is 4.83. The molecular formula is C16H27N3S. The molecule has 1 atom stereocenters. The first-order valence-electron chi connectivity index (χ1n) is 7.96. The van der Waals surface area contributed by atoms with Gasteiger partial charge >= 0.3 is 0 Å². The van der Waals surface area contributed by atoms with Crippen LogP contribution in [0.2, 0.25) is 0 Å². The lowest BCUT2D eigenvalue weighted by Gasteiger charge is -2.14. The second-order valence-corrected chi connectivity index (χ2v) is 7.06. The number of nitrogens with zero attached hydrogens (tertiary/aromatic N) is 2. The predicted molar refractivity (Wildman–Crippen MR) is 88.5 cm³/mol. The highest BCUT2D eigenvalue weighted by Gasteiger charge is 2.20. The number of aromatic nitrogens is 2. The maximum absolute atomic E-state index is 4.83. The summed E-state index contributed by atoms with van der Waals surface area (Å²) in [6.07, 6.45) is 6.48. The van der Waals surface area contributed by atoms with E-state index in [1.54, 1.807) is 0 Å². The first-order valence-corrected chi connectivity index (χ1v) is 9.01. The number of anilines is 1. The largest absolute Gasteiger partial charge is 0.370 e. The lowest BCUT2D eigenvalue weighted by molar-refractivity contribution is 0.688. The fraction of sp³-hybridized carbons (Fsp3) is 0.750. The molecular weight excluding hydrogens is 266 g/mol. The molecule has 112 valence electrons. The average Bonchev–Trinajstić information content (AvgIpc) is 2.99.